The molecule has 0 amide bonds. The highest BCUT2D eigenvalue weighted by atomic mass is 32.2. The molecule has 0 atom stereocenters. The monoisotopic (exact) mass is 607 g/mol. The average molecular weight is 608 g/mol. The first-order chi connectivity index (χ1) is 19.5. The normalized spacial score (nSPS) is 18.3. The lowest BCUT2D eigenvalue weighted by Gasteiger charge is -2.24. The van der Waals surface area contributed by atoms with Crippen molar-refractivity contribution in [2.24, 2.45) is 22.7 Å². The number of aliphatic hydroxyl groups is 1. The minimum atomic E-state index is -0.0648. The van der Waals surface area contributed by atoms with Crippen molar-refractivity contribution in [1.29, 1.82) is 0 Å². The fourth-order valence-corrected chi connectivity index (χ4v) is 8.28. The number of hydrogen-bond acceptors (Lipinski definition) is 3. The molecule has 0 radical (unpaired) electrons. The standard InChI is InChI=1S/C38H54O2S2/c1-25(2)13-11-15-29-17-27(19-31(41-29)23-37(5,6)7)21-33-35(39)34(36(33)40)22-28-18-30(16-12-14-26(3)4)42-32(20-28)24-38(8,9)10/h17-22,25-26H,11-16,23-24H2,1-10H3/p+1. The Kier molecular flexibility index (Phi) is 12.1. The molecular formula is C38H55O2S2+. The summed E-state index contributed by atoms with van der Waals surface area (Å²) in [7, 11) is 0. The third-order valence-electron chi connectivity index (χ3n) is 7.27. The molecule has 1 aliphatic heterocycles. The summed E-state index contributed by atoms with van der Waals surface area (Å²) in [6.07, 6.45) is 17.1. The summed E-state index contributed by atoms with van der Waals surface area (Å²) in [6.45, 7) is 22.7. The van der Waals surface area contributed by atoms with E-state index >= 15 is 0 Å². The second-order valence-electron chi connectivity index (χ2n) is 15.5. The molecule has 0 saturated carbocycles. The van der Waals surface area contributed by atoms with E-state index in [9.17, 15) is 9.90 Å². The van der Waals surface area contributed by atoms with E-state index in [1.807, 2.05) is 35.3 Å². The van der Waals surface area contributed by atoms with Crippen LogP contribution in [0.25, 0.3) is 6.08 Å². The van der Waals surface area contributed by atoms with E-state index < -0.39 is 0 Å². The van der Waals surface area contributed by atoms with Crippen LogP contribution in [-0.2, 0) is 17.6 Å². The largest absolute Gasteiger partial charge is 0.506 e. The van der Waals surface area contributed by atoms with Gasteiger partial charge in [0.05, 0.1) is 11.1 Å². The van der Waals surface area contributed by atoms with E-state index in [2.05, 4.69) is 93.5 Å². The molecule has 0 spiro atoms. The number of Topliss-reactive ketones (excluding diaryl/α,β-unsaturated/α-hetero) is 1. The van der Waals surface area contributed by atoms with Gasteiger partial charge in [0.1, 0.15) is 5.76 Å². The second-order valence-corrected chi connectivity index (χ2v) is 18.0. The van der Waals surface area contributed by atoms with Crippen molar-refractivity contribution in [1.82, 2.24) is 0 Å². The van der Waals surface area contributed by atoms with Gasteiger partial charge >= 0.3 is 0 Å². The molecule has 42 heavy (non-hydrogen) atoms. The lowest BCUT2D eigenvalue weighted by atomic mass is 9.85. The van der Waals surface area contributed by atoms with Crippen LogP contribution >= 0.6 is 23.1 Å². The smallest absolute Gasteiger partial charge is 0.218 e. The van der Waals surface area contributed by atoms with Gasteiger partial charge in [-0.15, -0.1) is 0 Å². The molecule has 1 aromatic rings. The highest BCUT2D eigenvalue weighted by Gasteiger charge is 2.33. The molecule has 2 heterocycles. The summed E-state index contributed by atoms with van der Waals surface area (Å²) < 4.78 is 0. The Morgan fingerprint density at radius 1 is 0.810 bits per heavy atom. The molecule has 2 nitrogen and oxygen atoms in total. The van der Waals surface area contributed by atoms with Crippen LogP contribution in [0.3, 0.4) is 0 Å². The second kappa shape index (κ2) is 14.7. The summed E-state index contributed by atoms with van der Waals surface area (Å²) in [5, 5.41) is 11.1. The maximum Gasteiger partial charge on any atom is 0.218 e. The molecule has 0 saturated heterocycles. The topological polar surface area (TPSA) is 37.3 Å². The zero-order chi connectivity index (χ0) is 31.2. The highest BCUT2D eigenvalue weighted by Crippen LogP contribution is 2.42. The van der Waals surface area contributed by atoms with Crippen molar-refractivity contribution in [2.75, 3.05) is 0 Å². The minimum Gasteiger partial charge on any atom is -0.506 e. The van der Waals surface area contributed by atoms with Gasteiger partial charge in [0.2, 0.25) is 26.9 Å². The highest BCUT2D eigenvalue weighted by molar-refractivity contribution is 8.06. The summed E-state index contributed by atoms with van der Waals surface area (Å²) in [6, 6.07) is 4.42. The van der Waals surface area contributed by atoms with E-state index in [1.54, 1.807) is 0 Å². The van der Waals surface area contributed by atoms with Gasteiger partial charge in [-0.3, -0.25) is 4.79 Å². The van der Waals surface area contributed by atoms with E-state index in [0.717, 1.165) is 36.8 Å². The third kappa shape index (κ3) is 11.3. The maximum absolute atomic E-state index is 13.4. The van der Waals surface area contributed by atoms with Gasteiger partial charge in [0.25, 0.3) is 0 Å². The van der Waals surface area contributed by atoms with Crippen molar-refractivity contribution in [3.05, 3.63) is 78.0 Å². The molecule has 0 aromatic carbocycles. The third-order valence-corrected chi connectivity index (χ3v) is 9.49. The molecule has 0 unspecified atom stereocenters. The van der Waals surface area contributed by atoms with E-state index in [1.165, 1.54) is 45.2 Å². The van der Waals surface area contributed by atoms with Crippen molar-refractivity contribution < 1.29 is 9.90 Å². The Morgan fingerprint density at radius 3 is 1.95 bits per heavy atom. The van der Waals surface area contributed by atoms with Gasteiger partial charge in [-0.2, -0.15) is 0 Å². The predicted molar refractivity (Wildman–Crippen MR) is 187 cm³/mol. The SMILES string of the molecule is CC(C)CCCC1=CC(=CC2=C(O)C(=Cc3cc(CCCC(C)C)[s+]c(CC(C)(C)C)c3)C2=O)C=C(CC(C)(C)C)S1. The number of hydrogen-bond donors (Lipinski definition) is 1. The quantitative estimate of drug-likeness (QED) is 0.190. The van der Waals surface area contributed by atoms with Crippen LogP contribution in [0.15, 0.2) is 62.6 Å². The van der Waals surface area contributed by atoms with E-state index in [4.69, 9.17) is 0 Å². The Labute approximate surface area is 265 Å². The first kappa shape index (κ1) is 34.6. The van der Waals surface area contributed by atoms with Crippen LogP contribution in [-0.4, -0.2) is 10.9 Å². The predicted octanol–water partition coefficient (Wildman–Crippen LogP) is 12.1. The zero-order valence-corrected chi connectivity index (χ0v) is 29.6. The van der Waals surface area contributed by atoms with Crippen molar-refractivity contribution >= 4 is 35.0 Å². The Bertz CT molecular complexity index is 1290. The molecule has 230 valence electrons. The number of thioether (sulfide) groups is 1. The Morgan fingerprint density at radius 2 is 1.38 bits per heavy atom. The first-order valence-corrected chi connectivity index (χ1v) is 17.6. The van der Waals surface area contributed by atoms with Crippen LogP contribution in [0.1, 0.15) is 123 Å². The zero-order valence-electron chi connectivity index (χ0n) is 27.9. The van der Waals surface area contributed by atoms with E-state index in [0.29, 0.717) is 23.0 Å². The number of carbonyl (C=O) groups excluding carboxylic acids is 1. The summed E-state index contributed by atoms with van der Waals surface area (Å²) >= 11 is 3.78. The molecule has 1 aliphatic carbocycles. The van der Waals surface area contributed by atoms with Gasteiger partial charge in [-0.05, 0) is 93.6 Å². The Balaban J connectivity index is 1.91. The van der Waals surface area contributed by atoms with Crippen molar-refractivity contribution in [3.8, 4) is 0 Å². The molecule has 4 heteroatoms. The fourth-order valence-electron chi connectivity index (χ4n) is 5.33. The fraction of sp³-hybridized carbons (Fsp3) is 0.579. The lowest BCUT2D eigenvalue weighted by Crippen LogP contribution is -2.21. The number of rotatable bonds is 12. The first-order valence-electron chi connectivity index (χ1n) is 16.0. The molecule has 0 bridgehead atoms. The number of carbonyl (C=O) groups is 1. The molecule has 3 rings (SSSR count). The molecular weight excluding hydrogens is 553 g/mol. The van der Waals surface area contributed by atoms with Crippen molar-refractivity contribution in [2.45, 2.75) is 121 Å². The molecule has 1 aromatic heterocycles. The number of allylic oxidation sites excluding steroid dienone is 8. The number of aryl methyl sites for hydroxylation is 1. The molecule has 2 aliphatic rings. The molecule has 1 N–H and O–H groups in total. The van der Waals surface area contributed by atoms with Gasteiger partial charge < -0.3 is 5.11 Å². The van der Waals surface area contributed by atoms with Crippen LogP contribution in [0.5, 0.6) is 0 Å². The van der Waals surface area contributed by atoms with Crippen LogP contribution in [0, 0.1) is 22.7 Å². The van der Waals surface area contributed by atoms with Gasteiger partial charge in [0, 0.05) is 25.0 Å². The number of ketones is 1. The van der Waals surface area contributed by atoms with Crippen molar-refractivity contribution in [3.63, 3.8) is 0 Å². The number of aliphatic hydroxyl groups excluding tert-OH is 1. The van der Waals surface area contributed by atoms with Gasteiger partial charge in [-0.25, -0.2) is 0 Å². The van der Waals surface area contributed by atoms with Gasteiger partial charge in [-0.1, -0.05) is 93.8 Å². The minimum absolute atomic E-state index is 0.0648. The molecule has 0 fully saturated rings. The summed E-state index contributed by atoms with van der Waals surface area (Å²) in [4.78, 5) is 18.7. The maximum atomic E-state index is 13.4. The average Bonchev–Trinajstić information content (AvgIpc) is 2.83. The van der Waals surface area contributed by atoms with E-state index in [-0.39, 0.29) is 22.4 Å². The Hall–Kier alpha value is -1.91. The van der Waals surface area contributed by atoms with Crippen LogP contribution in [0.4, 0.5) is 0 Å². The van der Waals surface area contributed by atoms with Crippen LogP contribution in [0.2, 0.25) is 0 Å². The summed E-state index contributed by atoms with van der Waals surface area (Å²) in [5.74, 6) is 1.46. The van der Waals surface area contributed by atoms with Gasteiger partial charge in [0.15, 0.2) is 0 Å². The summed E-state index contributed by atoms with van der Waals surface area (Å²) in [5.41, 5.74) is 3.26. The lowest BCUT2D eigenvalue weighted by molar-refractivity contribution is -0.113. The van der Waals surface area contributed by atoms with Crippen LogP contribution < -0.4 is 0 Å².